The van der Waals surface area contributed by atoms with Gasteiger partial charge in [0.25, 0.3) is 0 Å². The van der Waals surface area contributed by atoms with E-state index in [2.05, 4.69) is 10.6 Å². The van der Waals surface area contributed by atoms with E-state index < -0.39 is 12.1 Å². The van der Waals surface area contributed by atoms with Gasteiger partial charge in [0.15, 0.2) is 0 Å². The number of amides is 2. The minimum atomic E-state index is -0.604. The van der Waals surface area contributed by atoms with Crippen LogP contribution in [0.15, 0.2) is 24.3 Å². The molecule has 2 amide bonds. The van der Waals surface area contributed by atoms with Crippen LogP contribution >= 0.6 is 0 Å². The van der Waals surface area contributed by atoms with Gasteiger partial charge in [0, 0.05) is 6.54 Å². The second-order valence-corrected chi connectivity index (χ2v) is 5.23. The minimum absolute atomic E-state index is 0.0220. The maximum absolute atomic E-state index is 12.2. The van der Waals surface area contributed by atoms with Crippen molar-refractivity contribution >= 4 is 12.0 Å². The largest absolute Gasteiger partial charge is 0.450 e. The van der Waals surface area contributed by atoms with E-state index >= 15 is 0 Å². The SMILES string of the molecule is CCOC(=O)N[C@H](C(=O)NCc1ccccc1C)C(C)C. The number of nitrogens with one attached hydrogen (secondary N) is 2. The number of hydrogen-bond donors (Lipinski definition) is 2. The highest BCUT2D eigenvalue weighted by Gasteiger charge is 2.24. The lowest BCUT2D eigenvalue weighted by molar-refractivity contribution is -0.124. The van der Waals surface area contributed by atoms with E-state index in [0.717, 1.165) is 11.1 Å². The molecule has 1 aromatic carbocycles. The summed E-state index contributed by atoms with van der Waals surface area (Å²) >= 11 is 0. The smallest absolute Gasteiger partial charge is 0.407 e. The van der Waals surface area contributed by atoms with Crippen LogP contribution in [-0.2, 0) is 16.1 Å². The third kappa shape index (κ3) is 5.45. The second-order valence-electron chi connectivity index (χ2n) is 5.23. The lowest BCUT2D eigenvalue weighted by Gasteiger charge is -2.21. The van der Waals surface area contributed by atoms with Crippen molar-refractivity contribution in [1.82, 2.24) is 10.6 Å². The predicted octanol–water partition coefficient (Wildman–Crippen LogP) is 2.38. The molecular weight excluding hydrogens is 268 g/mol. The Kier molecular flexibility index (Phi) is 6.72. The van der Waals surface area contributed by atoms with Crippen LogP contribution in [0.1, 0.15) is 31.9 Å². The fourth-order valence-electron chi connectivity index (χ4n) is 1.94. The van der Waals surface area contributed by atoms with Crippen molar-refractivity contribution < 1.29 is 14.3 Å². The maximum atomic E-state index is 12.2. The van der Waals surface area contributed by atoms with Gasteiger partial charge in [-0.25, -0.2) is 4.79 Å². The summed E-state index contributed by atoms with van der Waals surface area (Å²) in [6, 6.07) is 7.26. The van der Waals surface area contributed by atoms with Crippen LogP contribution < -0.4 is 10.6 Å². The fraction of sp³-hybridized carbons (Fsp3) is 0.500. The summed E-state index contributed by atoms with van der Waals surface area (Å²) in [5.74, 6) is -0.229. The van der Waals surface area contributed by atoms with Gasteiger partial charge in [-0.2, -0.15) is 0 Å². The first-order valence-corrected chi connectivity index (χ1v) is 7.21. The third-order valence-corrected chi connectivity index (χ3v) is 3.21. The standard InChI is InChI=1S/C16H24N2O3/c1-5-21-16(20)18-14(11(2)3)15(19)17-10-13-9-7-6-8-12(13)4/h6-9,11,14H,5,10H2,1-4H3,(H,17,19)(H,18,20)/t14-/m0/s1. The zero-order chi connectivity index (χ0) is 15.8. The molecule has 0 spiro atoms. The number of hydrogen-bond acceptors (Lipinski definition) is 3. The van der Waals surface area contributed by atoms with Crippen molar-refractivity contribution in [1.29, 1.82) is 0 Å². The predicted molar refractivity (Wildman–Crippen MR) is 81.8 cm³/mol. The first kappa shape index (κ1) is 17.0. The fourth-order valence-corrected chi connectivity index (χ4v) is 1.94. The zero-order valence-corrected chi connectivity index (χ0v) is 13.1. The molecule has 0 aliphatic heterocycles. The van der Waals surface area contributed by atoms with E-state index in [0.29, 0.717) is 6.54 Å². The lowest BCUT2D eigenvalue weighted by Crippen LogP contribution is -2.49. The van der Waals surface area contributed by atoms with Crippen LogP contribution in [0.2, 0.25) is 0 Å². The van der Waals surface area contributed by atoms with Crippen LogP contribution in [0.4, 0.5) is 4.79 Å². The Bertz CT molecular complexity index is 486. The number of carbonyl (C=O) groups is 2. The first-order chi connectivity index (χ1) is 9.95. The molecular formula is C16H24N2O3. The van der Waals surface area contributed by atoms with Gasteiger partial charge in [0.1, 0.15) is 6.04 Å². The van der Waals surface area contributed by atoms with Crippen LogP contribution in [0, 0.1) is 12.8 Å². The molecule has 0 heterocycles. The van der Waals surface area contributed by atoms with Crippen LogP contribution in [-0.4, -0.2) is 24.6 Å². The van der Waals surface area contributed by atoms with E-state index in [1.807, 2.05) is 45.0 Å². The number of alkyl carbamates (subject to hydrolysis) is 1. The molecule has 116 valence electrons. The molecule has 1 atom stereocenters. The molecule has 21 heavy (non-hydrogen) atoms. The highest BCUT2D eigenvalue weighted by Crippen LogP contribution is 2.07. The Balaban J connectivity index is 2.61. The Morgan fingerprint density at radius 1 is 1.24 bits per heavy atom. The summed E-state index contributed by atoms with van der Waals surface area (Å²) in [4.78, 5) is 23.7. The summed E-state index contributed by atoms with van der Waals surface area (Å²) < 4.78 is 4.82. The van der Waals surface area contributed by atoms with Gasteiger partial charge in [-0.15, -0.1) is 0 Å². The van der Waals surface area contributed by atoms with Crippen molar-refractivity contribution in [2.45, 2.75) is 40.3 Å². The van der Waals surface area contributed by atoms with Crippen LogP contribution in [0.5, 0.6) is 0 Å². The topological polar surface area (TPSA) is 67.4 Å². The lowest BCUT2D eigenvalue weighted by atomic mass is 10.0. The molecule has 0 aliphatic rings. The molecule has 5 heteroatoms. The number of ether oxygens (including phenoxy) is 1. The van der Waals surface area contributed by atoms with Gasteiger partial charge in [-0.05, 0) is 30.9 Å². The summed E-state index contributed by atoms with van der Waals surface area (Å²) in [6.45, 7) is 8.20. The summed E-state index contributed by atoms with van der Waals surface area (Å²) in [5, 5.41) is 5.45. The number of benzene rings is 1. The monoisotopic (exact) mass is 292 g/mol. The normalized spacial score (nSPS) is 11.9. The van der Waals surface area contributed by atoms with Gasteiger partial charge in [0.2, 0.25) is 5.91 Å². The van der Waals surface area contributed by atoms with Crippen molar-refractivity contribution in [3.8, 4) is 0 Å². The van der Waals surface area contributed by atoms with E-state index in [1.165, 1.54) is 0 Å². The summed E-state index contributed by atoms with van der Waals surface area (Å²) in [6.07, 6.45) is -0.567. The van der Waals surface area contributed by atoms with Gasteiger partial charge in [0.05, 0.1) is 6.61 Å². The van der Waals surface area contributed by atoms with Crippen molar-refractivity contribution in [2.24, 2.45) is 5.92 Å². The highest BCUT2D eigenvalue weighted by molar-refractivity contribution is 5.85. The average molecular weight is 292 g/mol. The molecule has 0 saturated heterocycles. The molecule has 2 N–H and O–H groups in total. The Labute approximate surface area is 126 Å². The van der Waals surface area contributed by atoms with Gasteiger partial charge < -0.3 is 15.4 Å². The number of rotatable bonds is 6. The Morgan fingerprint density at radius 2 is 1.90 bits per heavy atom. The van der Waals surface area contributed by atoms with Crippen LogP contribution in [0.25, 0.3) is 0 Å². The molecule has 0 aromatic heterocycles. The maximum Gasteiger partial charge on any atom is 0.407 e. The van der Waals surface area contributed by atoms with E-state index in [9.17, 15) is 9.59 Å². The zero-order valence-electron chi connectivity index (χ0n) is 13.1. The van der Waals surface area contributed by atoms with Gasteiger partial charge >= 0.3 is 6.09 Å². The first-order valence-electron chi connectivity index (χ1n) is 7.21. The summed E-state index contributed by atoms with van der Waals surface area (Å²) in [5.41, 5.74) is 2.18. The molecule has 0 unspecified atom stereocenters. The van der Waals surface area contributed by atoms with E-state index in [-0.39, 0.29) is 18.4 Å². The molecule has 1 aromatic rings. The molecule has 0 fully saturated rings. The average Bonchev–Trinajstić information content (AvgIpc) is 2.43. The van der Waals surface area contributed by atoms with Crippen molar-refractivity contribution in [2.75, 3.05) is 6.61 Å². The van der Waals surface area contributed by atoms with Crippen molar-refractivity contribution in [3.63, 3.8) is 0 Å². The van der Waals surface area contributed by atoms with Crippen LogP contribution in [0.3, 0.4) is 0 Å². The molecule has 0 bridgehead atoms. The summed E-state index contributed by atoms with van der Waals surface area (Å²) in [7, 11) is 0. The minimum Gasteiger partial charge on any atom is -0.450 e. The highest BCUT2D eigenvalue weighted by atomic mass is 16.5. The Hall–Kier alpha value is -2.04. The second kappa shape index (κ2) is 8.29. The number of carbonyl (C=O) groups excluding carboxylic acids is 2. The molecule has 0 aliphatic carbocycles. The van der Waals surface area contributed by atoms with E-state index in [1.54, 1.807) is 6.92 Å². The quantitative estimate of drug-likeness (QED) is 0.846. The van der Waals surface area contributed by atoms with E-state index in [4.69, 9.17) is 4.74 Å². The number of aryl methyl sites for hydroxylation is 1. The molecule has 5 nitrogen and oxygen atoms in total. The van der Waals surface area contributed by atoms with Gasteiger partial charge in [-0.1, -0.05) is 38.1 Å². The van der Waals surface area contributed by atoms with Gasteiger partial charge in [-0.3, -0.25) is 4.79 Å². The third-order valence-electron chi connectivity index (χ3n) is 3.21. The van der Waals surface area contributed by atoms with Crippen molar-refractivity contribution in [3.05, 3.63) is 35.4 Å². The molecule has 0 saturated carbocycles. The Morgan fingerprint density at radius 3 is 2.48 bits per heavy atom. The molecule has 1 rings (SSSR count). The molecule has 0 radical (unpaired) electrons.